The second kappa shape index (κ2) is 10.6. The fraction of sp³-hybridized carbons (Fsp3) is 0.400. The third kappa shape index (κ3) is 5.32. The first-order chi connectivity index (χ1) is 17.2. The number of benzene rings is 2. The van der Waals surface area contributed by atoms with Crippen LogP contribution in [0.5, 0.6) is 11.5 Å². The van der Waals surface area contributed by atoms with Crippen molar-refractivity contribution in [3.63, 3.8) is 0 Å². The van der Waals surface area contributed by atoms with Crippen molar-refractivity contribution in [2.75, 3.05) is 13.7 Å². The summed E-state index contributed by atoms with van der Waals surface area (Å²) in [6.07, 6.45) is 2.02. The van der Waals surface area contributed by atoms with Crippen molar-refractivity contribution in [2.45, 2.75) is 59.5 Å². The summed E-state index contributed by atoms with van der Waals surface area (Å²) < 4.78 is 17.2. The number of carbonyl (C=O) groups excluding carboxylic acids is 2. The molecule has 6 nitrogen and oxygen atoms in total. The van der Waals surface area contributed by atoms with Gasteiger partial charge < -0.3 is 19.5 Å². The molecular formula is C30H35NO5. The van der Waals surface area contributed by atoms with E-state index in [1.807, 2.05) is 62.4 Å². The van der Waals surface area contributed by atoms with Crippen LogP contribution in [0.4, 0.5) is 0 Å². The van der Waals surface area contributed by atoms with Crippen LogP contribution < -0.4 is 14.8 Å². The molecule has 1 heterocycles. The highest BCUT2D eigenvalue weighted by atomic mass is 16.5. The van der Waals surface area contributed by atoms with Crippen LogP contribution in [0.25, 0.3) is 0 Å². The van der Waals surface area contributed by atoms with E-state index in [1.165, 1.54) is 0 Å². The second-order valence-electron chi connectivity index (χ2n) is 10.3. The zero-order valence-electron chi connectivity index (χ0n) is 21.8. The molecule has 0 saturated heterocycles. The van der Waals surface area contributed by atoms with Gasteiger partial charge in [-0.1, -0.05) is 57.2 Å². The molecule has 1 aliphatic carbocycles. The highest BCUT2D eigenvalue weighted by Crippen LogP contribution is 2.48. The molecule has 0 amide bonds. The van der Waals surface area contributed by atoms with Gasteiger partial charge in [0.15, 0.2) is 17.3 Å². The van der Waals surface area contributed by atoms with E-state index in [4.69, 9.17) is 14.2 Å². The number of methoxy groups -OCH3 is 1. The fourth-order valence-corrected chi connectivity index (χ4v) is 5.04. The van der Waals surface area contributed by atoms with Crippen molar-refractivity contribution in [2.24, 2.45) is 5.41 Å². The first-order valence-corrected chi connectivity index (χ1v) is 12.5. The molecule has 190 valence electrons. The molecule has 0 bridgehead atoms. The number of nitrogens with one attached hydrogen (secondary N) is 1. The molecule has 1 N–H and O–H groups in total. The summed E-state index contributed by atoms with van der Waals surface area (Å²) in [5, 5.41) is 3.38. The molecule has 0 spiro atoms. The first-order valence-electron chi connectivity index (χ1n) is 12.5. The minimum atomic E-state index is -0.553. The molecule has 1 unspecified atom stereocenters. The average Bonchev–Trinajstić information content (AvgIpc) is 2.85. The van der Waals surface area contributed by atoms with Gasteiger partial charge in [-0.3, -0.25) is 4.79 Å². The van der Waals surface area contributed by atoms with Gasteiger partial charge >= 0.3 is 5.97 Å². The Morgan fingerprint density at radius 3 is 2.53 bits per heavy atom. The molecule has 36 heavy (non-hydrogen) atoms. The Morgan fingerprint density at radius 2 is 1.83 bits per heavy atom. The third-order valence-corrected chi connectivity index (χ3v) is 6.66. The van der Waals surface area contributed by atoms with Crippen LogP contribution >= 0.6 is 0 Å². The number of dihydropyridines is 1. The van der Waals surface area contributed by atoms with E-state index in [0.29, 0.717) is 41.4 Å². The summed E-state index contributed by atoms with van der Waals surface area (Å²) in [6, 6.07) is 15.2. The normalized spacial score (nSPS) is 18.9. The lowest BCUT2D eigenvalue weighted by Crippen LogP contribution is -2.38. The molecule has 0 fully saturated rings. The standard InChI is InChI=1S/C30H35NO5/c1-6-14-35-24-13-12-21(15-25(24)34-5)27-26(29(33)36-18-20-10-8-7-9-11-20)19(2)31-22-16-30(3,4)17-23(32)28(22)27/h7-13,15,27,31H,6,14,16-18H2,1-5H3. The summed E-state index contributed by atoms with van der Waals surface area (Å²) in [5.41, 5.74) is 4.20. The van der Waals surface area contributed by atoms with Crippen molar-refractivity contribution in [1.82, 2.24) is 5.32 Å². The van der Waals surface area contributed by atoms with Crippen molar-refractivity contribution in [3.05, 3.63) is 82.2 Å². The smallest absolute Gasteiger partial charge is 0.337 e. The zero-order valence-corrected chi connectivity index (χ0v) is 21.8. The number of Topliss-reactive ketones (excluding diaryl/α,β-unsaturated/α-hetero) is 1. The lowest BCUT2D eigenvalue weighted by atomic mass is 9.68. The minimum Gasteiger partial charge on any atom is -0.493 e. The third-order valence-electron chi connectivity index (χ3n) is 6.66. The molecule has 0 radical (unpaired) electrons. The van der Waals surface area contributed by atoms with Crippen LogP contribution in [-0.4, -0.2) is 25.5 Å². The van der Waals surface area contributed by atoms with E-state index in [0.717, 1.165) is 29.7 Å². The molecule has 1 atom stereocenters. The number of allylic oxidation sites excluding steroid dienone is 3. The highest BCUT2D eigenvalue weighted by Gasteiger charge is 2.43. The first kappa shape index (κ1) is 25.5. The lowest BCUT2D eigenvalue weighted by Gasteiger charge is -2.39. The Labute approximate surface area is 213 Å². The van der Waals surface area contributed by atoms with E-state index in [9.17, 15) is 9.59 Å². The predicted molar refractivity (Wildman–Crippen MR) is 139 cm³/mol. The molecule has 0 aromatic heterocycles. The average molecular weight is 490 g/mol. The van der Waals surface area contributed by atoms with Gasteiger partial charge in [-0.05, 0) is 48.4 Å². The number of hydrogen-bond donors (Lipinski definition) is 1. The monoisotopic (exact) mass is 489 g/mol. The van der Waals surface area contributed by atoms with Crippen LogP contribution in [-0.2, 0) is 20.9 Å². The van der Waals surface area contributed by atoms with Crippen LogP contribution in [0, 0.1) is 5.41 Å². The predicted octanol–water partition coefficient (Wildman–Crippen LogP) is 5.83. The molecule has 2 aromatic carbocycles. The lowest BCUT2D eigenvalue weighted by molar-refractivity contribution is -0.140. The summed E-state index contributed by atoms with van der Waals surface area (Å²) in [4.78, 5) is 27.0. The van der Waals surface area contributed by atoms with Crippen LogP contribution in [0.1, 0.15) is 64.0 Å². The maximum atomic E-state index is 13.5. The number of carbonyl (C=O) groups is 2. The summed E-state index contributed by atoms with van der Waals surface area (Å²) >= 11 is 0. The van der Waals surface area contributed by atoms with Gasteiger partial charge in [0, 0.05) is 29.3 Å². The van der Waals surface area contributed by atoms with Crippen LogP contribution in [0.2, 0.25) is 0 Å². The molecule has 2 aromatic rings. The van der Waals surface area contributed by atoms with Gasteiger partial charge in [-0.25, -0.2) is 4.79 Å². The Bertz CT molecular complexity index is 1210. The zero-order chi connectivity index (χ0) is 25.9. The topological polar surface area (TPSA) is 73.9 Å². The van der Waals surface area contributed by atoms with Crippen LogP contribution in [0.3, 0.4) is 0 Å². The Kier molecular flexibility index (Phi) is 7.53. The van der Waals surface area contributed by atoms with Gasteiger partial charge in [0.1, 0.15) is 6.61 Å². The molecule has 0 saturated carbocycles. The molecule has 2 aliphatic rings. The van der Waals surface area contributed by atoms with E-state index < -0.39 is 11.9 Å². The number of hydrogen-bond acceptors (Lipinski definition) is 6. The van der Waals surface area contributed by atoms with Gasteiger partial charge in [-0.2, -0.15) is 0 Å². The fourth-order valence-electron chi connectivity index (χ4n) is 5.04. The second-order valence-corrected chi connectivity index (χ2v) is 10.3. The summed E-state index contributed by atoms with van der Waals surface area (Å²) in [5.74, 6) is 0.256. The van der Waals surface area contributed by atoms with Gasteiger partial charge in [0.05, 0.1) is 19.3 Å². The quantitative estimate of drug-likeness (QED) is 0.470. The maximum absolute atomic E-state index is 13.5. The number of ketones is 1. The largest absolute Gasteiger partial charge is 0.493 e. The van der Waals surface area contributed by atoms with E-state index in [-0.39, 0.29) is 17.8 Å². The van der Waals surface area contributed by atoms with Gasteiger partial charge in [0.25, 0.3) is 0 Å². The molecule has 1 aliphatic heterocycles. The van der Waals surface area contributed by atoms with Crippen molar-refractivity contribution >= 4 is 11.8 Å². The number of rotatable bonds is 8. The SMILES string of the molecule is CCCOc1ccc(C2C(C(=O)OCc3ccccc3)=C(C)NC3=C2C(=O)CC(C)(C)C3)cc1OC. The van der Waals surface area contributed by atoms with Crippen molar-refractivity contribution in [1.29, 1.82) is 0 Å². The van der Waals surface area contributed by atoms with E-state index in [2.05, 4.69) is 19.2 Å². The Balaban J connectivity index is 1.76. The minimum absolute atomic E-state index is 0.0462. The van der Waals surface area contributed by atoms with Gasteiger partial charge in [-0.15, -0.1) is 0 Å². The molecule has 4 rings (SSSR count). The number of ether oxygens (including phenoxy) is 3. The van der Waals surface area contributed by atoms with E-state index in [1.54, 1.807) is 7.11 Å². The van der Waals surface area contributed by atoms with Crippen LogP contribution in [0.15, 0.2) is 71.1 Å². The molecule has 6 heteroatoms. The van der Waals surface area contributed by atoms with Crippen molar-refractivity contribution < 1.29 is 23.8 Å². The Morgan fingerprint density at radius 1 is 1.08 bits per heavy atom. The highest BCUT2D eigenvalue weighted by molar-refractivity contribution is 6.04. The molecular weight excluding hydrogens is 454 g/mol. The van der Waals surface area contributed by atoms with Gasteiger partial charge in [0.2, 0.25) is 0 Å². The van der Waals surface area contributed by atoms with Crippen molar-refractivity contribution in [3.8, 4) is 11.5 Å². The summed E-state index contributed by atoms with van der Waals surface area (Å²) in [6.45, 7) is 8.83. The summed E-state index contributed by atoms with van der Waals surface area (Å²) in [7, 11) is 1.59. The maximum Gasteiger partial charge on any atom is 0.337 e. The van der Waals surface area contributed by atoms with E-state index >= 15 is 0 Å². The number of esters is 1. The Hall–Kier alpha value is -3.54.